The minimum Gasteiger partial charge on any atom is -0.248 e. The molecule has 2 aromatic carbocycles. The van der Waals surface area contributed by atoms with Gasteiger partial charge in [0.25, 0.3) is 0 Å². The van der Waals surface area contributed by atoms with Gasteiger partial charge in [-0.15, -0.1) is 0 Å². The number of hydrogen-bond acceptors (Lipinski definition) is 1. The molecule has 96 valence electrons. The van der Waals surface area contributed by atoms with Crippen LogP contribution in [0, 0.1) is 0 Å². The first kappa shape index (κ1) is 13.8. The Morgan fingerprint density at radius 3 is 2.16 bits per heavy atom. The summed E-state index contributed by atoms with van der Waals surface area (Å²) in [5.74, 6) is 0. The molecule has 0 heterocycles. The highest BCUT2D eigenvalue weighted by Gasteiger charge is 2.05. The summed E-state index contributed by atoms with van der Waals surface area (Å²) in [5.41, 5.74) is 1.08. The van der Waals surface area contributed by atoms with Crippen molar-refractivity contribution in [2.24, 2.45) is 0 Å². The van der Waals surface area contributed by atoms with Crippen molar-refractivity contribution in [3.63, 3.8) is 0 Å². The molecule has 0 N–H and O–H groups in total. The molecule has 0 aromatic heterocycles. The quantitative estimate of drug-likeness (QED) is 0.752. The fraction of sp³-hybridized carbons (Fsp3) is 0. The first-order chi connectivity index (χ1) is 9.27. The molecule has 0 aliphatic heterocycles. The number of benzene rings is 2. The van der Waals surface area contributed by atoms with Crippen LogP contribution in [0.3, 0.4) is 0 Å². The van der Waals surface area contributed by atoms with Gasteiger partial charge < -0.3 is 0 Å². The lowest BCUT2D eigenvalue weighted by Gasteiger charge is -1.98. The van der Waals surface area contributed by atoms with Gasteiger partial charge in [0.2, 0.25) is 0 Å². The van der Waals surface area contributed by atoms with E-state index in [-0.39, 0.29) is 0 Å². The zero-order valence-electron chi connectivity index (χ0n) is 10.2. The van der Waals surface area contributed by atoms with Gasteiger partial charge in [-0.05, 0) is 23.8 Å². The summed E-state index contributed by atoms with van der Waals surface area (Å²) in [6.07, 6.45) is 5.39. The van der Waals surface area contributed by atoms with Crippen molar-refractivity contribution in [2.45, 2.75) is 4.90 Å². The largest absolute Gasteiger partial charge is 0.248 e. The van der Waals surface area contributed by atoms with Crippen molar-refractivity contribution in [1.29, 1.82) is 0 Å². The van der Waals surface area contributed by atoms with E-state index in [1.165, 1.54) is 0 Å². The zero-order valence-corrected chi connectivity index (χ0v) is 11.8. The Hall–Kier alpha value is -1.64. The van der Waals surface area contributed by atoms with Crippen LogP contribution in [0.25, 0.3) is 6.08 Å². The molecule has 0 saturated carbocycles. The molecule has 0 aliphatic carbocycles. The van der Waals surface area contributed by atoms with E-state index in [2.05, 4.69) is 0 Å². The molecule has 0 aliphatic rings. The van der Waals surface area contributed by atoms with E-state index in [1.54, 1.807) is 24.3 Å². The van der Waals surface area contributed by atoms with Gasteiger partial charge in [0.05, 0.1) is 10.8 Å². The average Bonchev–Trinajstić information content (AvgIpc) is 2.48. The zero-order chi connectivity index (χ0) is 13.5. The first-order valence-corrected chi connectivity index (χ1v) is 7.36. The average molecular weight is 289 g/mol. The van der Waals surface area contributed by atoms with Gasteiger partial charge >= 0.3 is 0 Å². The van der Waals surface area contributed by atoms with Crippen LogP contribution in [-0.4, -0.2) is 4.21 Å². The summed E-state index contributed by atoms with van der Waals surface area (Å²) in [7, 11) is -1.31. The Kier molecular flexibility index (Phi) is 5.13. The van der Waals surface area contributed by atoms with Crippen molar-refractivity contribution in [3.8, 4) is 0 Å². The van der Waals surface area contributed by atoms with Gasteiger partial charge in [-0.1, -0.05) is 72.3 Å². The highest BCUT2D eigenvalue weighted by atomic mass is 35.5. The van der Waals surface area contributed by atoms with Crippen molar-refractivity contribution >= 4 is 28.5 Å². The Bertz CT molecular complexity index is 603. The van der Waals surface area contributed by atoms with E-state index in [4.69, 9.17) is 11.6 Å². The van der Waals surface area contributed by atoms with Gasteiger partial charge in [0.15, 0.2) is 0 Å². The Morgan fingerprint density at radius 1 is 0.947 bits per heavy atom. The minimum absolute atomic E-state index is 0.318. The maximum atomic E-state index is 12.1. The van der Waals surface area contributed by atoms with Crippen LogP contribution < -0.4 is 0 Å². The van der Waals surface area contributed by atoms with E-state index < -0.39 is 10.8 Å². The van der Waals surface area contributed by atoms with Crippen LogP contribution in [0.4, 0.5) is 0 Å². The maximum Gasteiger partial charge on any atom is 0.109 e. The maximum absolute atomic E-state index is 12.1. The summed E-state index contributed by atoms with van der Waals surface area (Å²) < 4.78 is 12.4. The van der Waals surface area contributed by atoms with E-state index >= 15 is 0 Å². The fourth-order valence-electron chi connectivity index (χ4n) is 1.52. The van der Waals surface area contributed by atoms with Gasteiger partial charge in [0.1, 0.15) is 4.36 Å². The number of halogens is 1. The van der Waals surface area contributed by atoms with Crippen molar-refractivity contribution in [2.75, 3.05) is 0 Å². The fourth-order valence-corrected chi connectivity index (χ4v) is 2.69. The molecule has 0 radical (unpaired) electrons. The van der Waals surface area contributed by atoms with E-state index in [9.17, 15) is 4.21 Å². The number of rotatable bonds is 4. The normalized spacial score (nSPS) is 13.6. The highest BCUT2D eigenvalue weighted by Crippen LogP contribution is 2.17. The second kappa shape index (κ2) is 7.07. The topological polar surface area (TPSA) is 17.1 Å². The van der Waals surface area contributed by atoms with Crippen LogP contribution in [0.5, 0.6) is 0 Å². The SMILES string of the molecule is O=[S@](/C(Cl)=C\C=C/c1ccccc1)c1ccccc1. The summed E-state index contributed by atoms with van der Waals surface area (Å²) in [5, 5.41) is 0. The van der Waals surface area contributed by atoms with Crippen LogP contribution in [0.15, 0.2) is 82.1 Å². The molecule has 0 fully saturated rings. The Labute approximate surface area is 120 Å². The summed E-state index contributed by atoms with van der Waals surface area (Å²) in [6.45, 7) is 0. The molecule has 0 amide bonds. The molecule has 19 heavy (non-hydrogen) atoms. The molecule has 3 heteroatoms. The van der Waals surface area contributed by atoms with Gasteiger partial charge in [-0.25, -0.2) is 4.21 Å². The molecular formula is C16H13ClOS. The smallest absolute Gasteiger partial charge is 0.109 e. The number of allylic oxidation sites excluding steroid dienone is 2. The first-order valence-electron chi connectivity index (χ1n) is 5.83. The van der Waals surface area contributed by atoms with Gasteiger partial charge in [0, 0.05) is 4.90 Å². The Balaban J connectivity index is 2.08. The molecule has 0 spiro atoms. The second-order valence-corrected chi connectivity index (χ2v) is 5.90. The molecule has 0 bridgehead atoms. The lowest BCUT2D eigenvalue weighted by atomic mass is 10.2. The lowest BCUT2D eigenvalue weighted by molar-refractivity contribution is 0.688. The molecule has 0 unspecified atom stereocenters. The van der Waals surface area contributed by atoms with Crippen molar-refractivity contribution in [3.05, 3.63) is 82.7 Å². The molecule has 1 nitrogen and oxygen atoms in total. The van der Waals surface area contributed by atoms with Crippen molar-refractivity contribution in [1.82, 2.24) is 0 Å². The standard InChI is InChI=1S/C16H13ClOS/c17-16(19(18)15-11-5-2-6-12-15)13-7-10-14-8-3-1-4-9-14/h1-13H/b10-7-,16-13-/t19-/m0/s1. The third-order valence-corrected chi connectivity index (χ3v) is 4.19. The summed E-state index contributed by atoms with van der Waals surface area (Å²) >= 11 is 6.04. The summed E-state index contributed by atoms with van der Waals surface area (Å²) in [4.78, 5) is 0.705. The predicted octanol–water partition coefficient (Wildman–Crippen LogP) is 4.59. The number of hydrogen-bond donors (Lipinski definition) is 0. The molecule has 1 atom stereocenters. The predicted molar refractivity (Wildman–Crippen MR) is 82.3 cm³/mol. The lowest BCUT2D eigenvalue weighted by Crippen LogP contribution is -1.89. The van der Waals surface area contributed by atoms with Gasteiger partial charge in [-0.3, -0.25) is 0 Å². The molecule has 2 rings (SSSR count). The van der Waals surface area contributed by atoms with Crippen LogP contribution >= 0.6 is 11.6 Å². The molecule has 0 saturated heterocycles. The van der Waals surface area contributed by atoms with E-state index in [1.807, 2.05) is 54.6 Å². The minimum atomic E-state index is -1.31. The van der Waals surface area contributed by atoms with Crippen molar-refractivity contribution < 1.29 is 4.21 Å². The van der Waals surface area contributed by atoms with E-state index in [0.717, 1.165) is 5.56 Å². The third kappa shape index (κ3) is 4.19. The summed E-state index contributed by atoms with van der Waals surface area (Å²) in [6, 6.07) is 19.0. The second-order valence-electron chi connectivity index (χ2n) is 3.82. The molecular weight excluding hydrogens is 276 g/mol. The van der Waals surface area contributed by atoms with E-state index in [0.29, 0.717) is 9.26 Å². The van der Waals surface area contributed by atoms with Crippen LogP contribution in [0.2, 0.25) is 0 Å². The monoisotopic (exact) mass is 288 g/mol. The molecule has 2 aromatic rings. The van der Waals surface area contributed by atoms with Crippen LogP contribution in [-0.2, 0) is 10.8 Å². The third-order valence-electron chi connectivity index (χ3n) is 2.45. The Morgan fingerprint density at radius 2 is 1.53 bits per heavy atom. The highest BCUT2D eigenvalue weighted by molar-refractivity contribution is 7.90. The van der Waals surface area contributed by atoms with Crippen LogP contribution in [0.1, 0.15) is 5.56 Å². The van der Waals surface area contributed by atoms with Gasteiger partial charge in [-0.2, -0.15) is 0 Å².